The molecule has 9 nitrogen and oxygen atoms in total. The number of amides is 2. The number of aryl methyl sites for hydroxylation is 1. The van der Waals surface area contributed by atoms with Gasteiger partial charge in [0, 0.05) is 17.3 Å². The van der Waals surface area contributed by atoms with Gasteiger partial charge in [-0.15, -0.1) is 0 Å². The lowest BCUT2D eigenvalue weighted by atomic mass is 10.2. The number of esters is 2. The summed E-state index contributed by atoms with van der Waals surface area (Å²) >= 11 is 0. The number of hydrogen-bond acceptors (Lipinski definition) is 7. The van der Waals surface area contributed by atoms with Gasteiger partial charge in [0.25, 0.3) is 0 Å². The van der Waals surface area contributed by atoms with Crippen molar-refractivity contribution in [1.29, 1.82) is 0 Å². The van der Waals surface area contributed by atoms with Crippen LogP contribution in [0.4, 0.5) is 5.69 Å². The molecular weight excluding hydrogens is 498 g/mol. The lowest BCUT2D eigenvalue weighted by molar-refractivity contribution is -0.136. The Labute approximate surface area is 224 Å². The zero-order chi connectivity index (χ0) is 27.6. The Morgan fingerprint density at radius 3 is 1.90 bits per heavy atom. The smallest absolute Gasteiger partial charge is 0.343 e. The number of nitrogens with one attached hydrogen (secondary N) is 2. The summed E-state index contributed by atoms with van der Waals surface area (Å²) in [5, 5.41) is 6.28. The molecule has 194 valence electrons. The molecule has 0 bridgehead atoms. The highest BCUT2D eigenvalue weighted by Gasteiger charge is 2.16. The van der Waals surface area contributed by atoms with Crippen LogP contribution in [0.25, 0.3) is 0 Å². The first kappa shape index (κ1) is 26.5. The molecule has 0 aliphatic carbocycles. The van der Waals surface area contributed by atoms with Crippen molar-refractivity contribution in [3.8, 4) is 11.5 Å². The van der Waals surface area contributed by atoms with Crippen molar-refractivity contribution in [3.63, 3.8) is 0 Å². The molecule has 0 radical (unpaired) electrons. The van der Waals surface area contributed by atoms with Gasteiger partial charge in [-0.2, -0.15) is 5.10 Å². The largest absolute Gasteiger partial charge is 0.423 e. The third kappa shape index (κ3) is 7.46. The number of ether oxygens (including phenoxy) is 2. The number of hydrazone groups is 1. The van der Waals surface area contributed by atoms with Crippen molar-refractivity contribution >= 4 is 35.7 Å². The predicted octanol–water partition coefficient (Wildman–Crippen LogP) is 4.52. The summed E-state index contributed by atoms with van der Waals surface area (Å²) in [7, 11) is 0. The van der Waals surface area contributed by atoms with Gasteiger partial charge in [-0.05, 0) is 55.5 Å². The van der Waals surface area contributed by atoms with E-state index in [1.54, 1.807) is 84.9 Å². The van der Waals surface area contributed by atoms with Crippen LogP contribution in [-0.4, -0.2) is 30.0 Å². The average Bonchev–Trinajstić information content (AvgIpc) is 2.96. The van der Waals surface area contributed by atoms with Gasteiger partial charge in [-0.25, -0.2) is 15.0 Å². The molecule has 39 heavy (non-hydrogen) atoms. The van der Waals surface area contributed by atoms with E-state index < -0.39 is 23.8 Å². The van der Waals surface area contributed by atoms with E-state index in [9.17, 15) is 19.2 Å². The maximum absolute atomic E-state index is 12.7. The van der Waals surface area contributed by atoms with Crippen LogP contribution in [0.15, 0.2) is 108 Å². The monoisotopic (exact) mass is 521 g/mol. The summed E-state index contributed by atoms with van der Waals surface area (Å²) in [5.74, 6) is -3.01. The van der Waals surface area contributed by atoms with Crippen LogP contribution in [0.2, 0.25) is 0 Å². The van der Waals surface area contributed by atoms with Crippen LogP contribution < -0.4 is 20.2 Å². The second kappa shape index (κ2) is 12.6. The fourth-order valence-electron chi connectivity index (χ4n) is 3.28. The van der Waals surface area contributed by atoms with E-state index in [1.165, 1.54) is 24.4 Å². The van der Waals surface area contributed by atoms with Gasteiger partial charge in [-0.1, -0.05) is 54.1 Å². The highest BCUT2D eigenvalue weighted by atomic mass is 16.5. The summed E-state index contributed by atoms with van der Waals surface area (Å²) in [4.78, 5) is 49.5. The van der Waals surface area contributed by atoms with Gasteiger partial charge in [0.1, 0.15) is 11.5 Å². The van der Waals surface area contributed by atoms with Crippen LogP contribution in [0.5, 0.6) is 11.5 Å². The molecule has 0 heterocycles. The van der Waals surface area contributed by atoms with Crippen molar-refractivity contribution in [2.24, 2.45) is 5.10 Å². The van der Waals surface area contributed by atoms with Crippen molar-refractivity contribution in [1.82, 2.24) is 5.43 Å². The third-order valence-corrected chi connectivity index (χ3v) is 5.30. The van der Waals surface area contributed by atoms with Gasteiger partial charge in [0.15, 0.2) is 0 Å². The molecule has 0 aromatic heterocycles. The highest BCUT2D eigenvalue weighted by Crippen LogP contribution is 2.26. The molecule has 4 aromatic carbocycles. The molecule has 4 aromatic rings. The molecule has 2 amide bonds. The summed E-state index contributed by atoms with van der Waals surface area (Å²) in [6, 6.07) is 28.0. The first-order valence-corrected chi connectivity index (χ1v) is 11.8. The molecule has 0 fully saturated rings. The minimum atomic E-state index is -0.997. The zero-order valence-electron chi connectivity index (χ0n) is 20.8. The fourth-order valence-corrected chi connectivity index (χ4v) is 3.28. The Hall–Kier alpha value is -5.57. The number of anilines is 1. The quantitative estimate of drug-likeness (QED) is 0.121. The zero-order valence-corrected chi connectivity index (χ0v) is 20.8. The van der Waals surface area contributed by atoms with Crippen molar-refractivity contribution < 1.29 is 28.7 Å². The lowest BCUT2D eigenvalue weighted by Crippen LogP contribution is -2.32. The molecule has 0 aliphatic heterocycles. The minimum absolute atomic E-state index is 0.0179. The van der Waals surface area contributed by atoms with E-state index >= 15 is 0 Å². The first-order valence-electron chi connectivity index (χ1n) is 11.8. The maximum Gasteiger partial charge on any atom is 0.343 e. The second-order valence-corrected chi connectivity index (χ2v) is 8.23. The van der Waals surface area contributed by atoms with Gasteiger partial charge in [0.2, 0.25) is 0 Å². The lowest BCUT2D eigenvalue weighted by Gasteiger charge is -2.10. The number of hydrogen-bond donors (Lipinski definition) is 2. The summed E-state index contributed by atoms with van der Waals surface area (Å²) in [6.07, 6.45) is 1.20. The van der Waals surface area contributed by atoms with E-state index in [1.807, 2.05) is 6.92 Å². The van der Waals surface area contributed by atoms with Crippen LogP contribution in [0.1, 0.15) is 31.8 Å². The fraction of sp³-hybridized carbons (Fsp3) is 0.0333. The average molecular weight is 522 g/mol. The molecule has 0 atom stereocenters. The van der Waals surface area contributed by atoms with Gasteiger partial charge >= 0.3 is 23.8 Å². The van der Waals surface area contributed by atoms with Crippen LogP contribution in [0.3, 0.4) is 0 Å². The number of carbonyl (C=O) groups is 4. The Balaban J connectivity index is 1.49. The Morgan fingerprint density at radius 1 is 0.692 bits per heavy atom. The molecule has 0 saturated heterocycles. The van der Waals surface area contributed by atoms with E-state index in [2.05, 4.69) is 15.8 Å². The summed E-state index contributed by atoms with van der Waals surface area (Å²) in [6.45, 7) is 1.90. The van der Waals surface area contributed by atoms with E-state index in [0.717, 1.165) is 5.56 Å². The van der Waals surface area contributed by atoms with Crippen LogP contribution in [-0.2, 0) is 9.59 Å². The number of benzene rings is 4. The first-order chi connectivity index (χ1) is 18.9. The standard InChI is InChI=1S/C30H23N3O6/c1-20-12-15-24(16-13-20)32-27(34)28(35)33-31-19-23-14-17-25(38-29(36)21-8-4-2-5-9-21)18-26(23)39-30(37)22-10-6-3-7-11-22/h2-19H,1H3,(H,32,34)(H,33,35)/b31-19-. The summed E-state index contributed by atoms with van der Waals surface area (Å²) in [5.41, 5.74) is 4.52. The second-order valence-electron chi connectivity index (χ2n) is 8.23. The van der Waals surface area contributed by atoms with Gasteiger partial charge in [-0.3, -0.25) is 9.59 Å². The molecule has 9 heteroatoms. The Morgan fingerprint density at radius 2 is 1.28 bits per heavy atom. The molecule has 0 spiro atoms. The molecule has 0 aliphatic rings. The van der Waals surface area contributed by atoms with Crippen molar-refractivity contribution in [3.05, 3.63) is 125 Å². The summed E-state index contributed by atoms with van der Waals surface area (Å²) < 4.78 is 11.0. The van der Waals surface area contributed by atoms with Crippen molar-refractivity contribution in [2.45, 2.75) is 6.92 Å². The number of nitrogens with zero attached hydrogens (tertiary/aromatic N) is 1. The Kier molecular flexibility index (Phi) is 8.56. The number of rotatable bonds is 7. The molecular formula is C30H23N3O6. The number of carbonyl (C=O) groups excluding carboxylic acids is 4. The predicted molar refractivity (Wildman–Crippen MR) is 145 cm³/mol. The highest BCUT2D eigenvalue weighted by molar-refractivity contribution is 6.39. The molecule has 0 unspecified atom stereocenters. The minimum Gasteiger partial charge on any atom is -0.423 e. The Bertz CT molecular complexity index is 1520. The van der Waals surface area contributed by atoms with Crippen LogP contribution >= 0.6 is 0 Å². The SMILES string of the molecule is Cc1ccc(NC(=O)C(=O)N/N=C\c2ccc(OC(=O)c3ccccc3)cc2OC(=O)c2ccccc2)cc1. The van der Waals surface area contributed by atoms with Crippen LogP contribution in [0, 0.1) is 6.92 Å². The van der Waals surface area contributed by atoms with Gasteiger partial charge < -0.3 is 14.8 Å². The van der Waals surface area contributed by atoms with Gasteiger partial charge in [0.05, 0.1) is 17.3 Å². The van der Waals surface area contributed by atoms with E-state index in [0.29, 0.717) is 16.8 Å². The van der Waals surface area contributed by atoms with E-state index in [-0.39, 0.29) is 17.1 Å². The normalized spacial score (nSPS) is 10.5. The molecule has 4 rings (SSSR count). The molecule has 2 N–H and O–H groups in total. The van der Waals surface area contributed by atoms with E-state index in [4.69, 9.17) is 9.47 Å². The topological polar surface area (TPSA) is 123 Å². The van der Waals surface area contributed by atoms with Crippen molar-refractivity contribution in [2.75, 3.05) is 5.32 Å². The molecule has 0 saturated carbocycles. The third-order valence-electron chi connectivity index (χ3n) is 5.30. The maximum atomic E-state index is 12.7.